The smallest absolute Gasteiger partial charge is 0.276 e. The van der Waals surface area contributed by atoms with E-state index in [9.17, 15) is 10.0 Å². The average molecular weight is 390 g/mol. The first-order valence-corrected chi connectivity index (χ1v) is 9.50. The summed E-state index contributed by atoms with van der Waals surface area (Å²) in [5.74, 6) is 0.222. The number of hydrogen-bond acceptors (Lipinski definition) is 5. The molecule has 0 atom stereocenters. The van der Waals surface area contributed by atoms with Crippen LogP contribution in [0.4, 0.5) is 0 Å². The lowest BCUT2D eigenvalue weighted by Crippen LogP contribution is -2.23. The van der Waals surface area contributed by atoms with Crippen LogP contribution < -0.4 is 4.74 Å². The molecule has 28 heavy (non-hydrogen) atoms. The fourth-order valence-electron chi connectivity index (χ4n) is 2.95. The second-order valence-corrected chi connectivity index (χ2v) is 7.51. The Morgan fingerprint density at radius 2 is 1.89 bits per heavy atom. The van der Waals surface area contributed by atoms with Gasteiger partial charge in [-0.2, -0.15) is 0 Å². The second kappa shape index (κ2) is 7.42. The Labute approximate surface area is 166 Å². The second-order valence-electron chi connectivity index (χ2n) is 6.40. The van der Waals surface area contributed by atoms with Gasteiger partial charge in [-0.3, -0.25) is 10.0 Å². The van der Waals surface area contributed by atoms with E-state index in [2.05, 4.69) is 17.6 Å². The highest BCUT2D eigenvalue weighted by molar-refractivity contribution is 7.18. The lowest BCUT2D eigenvalue weighted by Gasteiger charge is -2.12. The Hall–Kier alpha value is -3.22. The van der Waals surface area contributed by atoms with E-state index in [1.165, 1.54) is 7.05 Å². The number of likely N-dealkylation sites (N-methyl/N-ethyl adjacent to an activating group) is 1. The van der Waals surface area contributed by atoms with Gasteiger partial charge in [-0.05, 0) is 46.7 Å². The normalized spacial score (nSPS) is 10.9. The molecule has 6 heteroatoms. The minimum atomic E-state index is -0.532. The Bertz CT molecular complexity index is 1160. The van der Waals surface area contributed by atoms with E-state index >= 15 is 0 Å². The summed E-state index contributed by atoms with van der Waals surface area (Å²) in [6.45, 7) is 4.18. The Balaban J connectivity index is 1.52. The van der Waals surface area contributed by atoms with Crippen molar-refractivity contribution in [3.8, 4) is 5.75 Å². The Morgan fingerprint density at radius 1 is 1.14 bits per heavy atom. The number of carbonyl (C=O) groups is 1. The van der Waals surface area contributed by atoms with Crippen LogP contribution in [0, 0.1) is 0 Å². The topological polar surface area (TPSA) is 62.7 Å². The lowest BCUT2D eigenvalue weighted by atomic mass is 10.0. The van der Waals surface area contributed by atoms with Crippen molar-refractivity contribution >= 4 is 43.8 Å². The van der Waals surface area contributed by atoms with Gasteiger partial charge in [-0.15, -0.1) is 11.3 Å². The van der Waals surface area contributed by atoms with Gasteiger partial charge in [0.1, 0.15) is 17.4 Å². The van der Waals surface area contributed by atoms with E-state index in [1.54, 1.807) is 11.3 Å². The zero-order valence-corrected chi connectivity index (χ0v) is 16.1. The van der Waals surface area contributed by atoms with Crippen molar-refractivity contribution in [2.75, 3.05) is 7.05 Å². The zero-order valence-electron chi connectivity index (χ0n) is 15.3. The minimum Gasteiger partial charge on any atom is -0.486 e. The van der Waals surface area contributed by atoms with E-state index in [4.69, 9.17) is 4.74 Å². The first-order chi connectivity index (χ1) is 13.5. The van der Waals surface area contributed by atoms with E-state index in [0.717, 1.165) is 31.7 Å². The van der Waals surface area contributed by atoms with Gasteiger partial charge in [-0.1, -0.05) is 36.9 Å². The SMILES string of the molecule is C=C(C(=O)N(C)O)c1ccc2cc(OCc3nc4ccccc4s3)ccc2c1. The lowest BCUT2D eigenvalue weighted by molar-refractivity contribution is -0.151. The van der Waals surface area contributed by atoms with Crippen LogP contribution in [0.1, 0.15) is 10.6 Å². The Morgan fingerprint density at radius 3 is 2.68 bits per heavy atom. The van der Waals surface area contributed by atoms with Crippen molar-refractivity contribution in [1.82, 2.24) is 10.0 Å². The standard InChI is InChI=1S/C22H18N2O3S/c1-14(22(25)24(2)26)15-7-8-17-12-18(10-9-16(17)11-15)27-13-21-23-19-5-3-4-6-20(19)28-21/h3-12,26H,1,13H2,2H3. The van der Waals surface area contributed by atoms with Crippen LogP contribution >= 0.6 is 11.3 Å². The number of hydrogen-bond donors (Lipinski definition) is 1. The summed E-state index contributed by atoms with van der Waals surface area (Å²) in [4.78, 5) is 16.4. The quantitative estimate of drug-likeness (QED) is 0.299. The molecule has 0 radical (unpaired) electrons. The highest BCUT2D eigenvalue weighted by Crippen LogP contribution is 2.27. The zero-order chi connectivity index (χ0) is 19.7. The van der Waals surface area contributed by atoms with Gasteiger partial charge in [0.15, 0.2) is 0 Å². The molecule has 1 heterocycles. The summed E-state index contributed by atoms with van der Waals surface area (Å²) in [5, 5.41) is 12.7. The third-order valence-electron chi connectivity index (χ3n) is 4.41. The summed E-state index contributed by atoms with van der Waals surface area (Å²) in [6, 6.07) is 19.4. The molecule has 0 aliphatic carbocycles. The van der Waals surface area contributed by atoms with Crippen molar-refractivity contribution in [1.29, 1.82) is 0 Å². The van der Waals surface area contributed by atoms with Gasteiger partial charge in [0.2, 0.25) is 0 Å². The fourth-order valence-corrected chi connectivity index (χ4v) is 3.83. The van der Waals surface area contributed by atoms with Crippen LogP contribution in [0.2, 0.25) is 0 Å². The number of carbonyl (C=O) groups excluding carboxylic acids is 1. The summed E-state index contributed by atoms with van der Waals surface area (Å²) in [7, 11) is 1.28. The van der Waals surface area contributed by atoms with Gasteiger partial charge < -0.3 is 4.74 Å². The number of hydroxylamine groups is 2. The molecule has 0 spiro atoms. The Kier molecular flexibility index (Phi) is 4.81. The largest absolute Gasteiger partial charge is 0.486 e. The number of para-hydroxylation sites is 1. The van der Waals surface area contributed by atoms with Gasteiger partial charge in [0.25, 0.3) is 5.91 Å². The molecule has 1 N–H and O–H groups in total. The number of ether oxygens (including phenoxy) is 1. The number of thiazole rings is 1. The number of rotatable bonds is 5. The monoisotopic (exact) mass is 390 g/mol. The molecule has 0 saturated heterocycles. The fraction of sp³-hybridized carbons (Fsp3) is 0.0909. The van der Waals surface area contributed by atoms with Gasteiger partial charge in [0, 0.05) is 12.6 Å². The molecule has 0 bridgehead atoms. The molecule has 0 aliphatic heterocycles. The molecule has 0 unspecified atom stereocenters. The molecular formula is C22H18N2O3S. The maximum atomic E-state index is 11.9. The third kappa shape index (κ3) is 3.60. The van der Waals surface area contributed by atoms with E-state index in [1.807, 2.05) is 54.6 Å². The van der Waals surface area contributed by atoms with Crippen molar-refractivity contribution < 1.29 is 14.7 Å². The van der Waals surface area contributed by atoms with E-state index in [-0.39, 0.29) is 5.57 Å². The molecule has 5 nitrogen and oxygen atoms in total. The molecule has 0 saturated carbocycles. The number of fused-ring (bicyclic) bond motifs is 2. The summed E-state index contributed by atoms with van der Waals surface area (Å²) in [5.41, 5.74) is 1.89. The van der Waals surface area contributed by atoms with Gasteiger partial charge in [0.05, 0.1) is 10.2 Å². The molecule has 4 rings (SSSR count). The first kappa shape index (κ1) is 18.2. The van der Waals surface area contributed by atoms with Gasteiger partial charge >= 0.3 is 0 Å². The van der Waals surface area contributed by atoms with Crippen molar-refractivity contribution in [2.45, 2.75) is 6.61 Å². The molecular weight excluding hydrogens is 372 g/mol. The van der Waals surface area contributed by atoms with Crippen molar-refractivity contribution in [3.63, 3.8) is 0 Å². The first-order valence-electron chi connectivity index (χ1n) is 8.68. The van der Waals surface area contributed by atoms with Crippen LogP contribution in [0.15, 0.2) is 67.2 Å². The molecule has 0 aliphatic rings. The van der Waals surface area contributed by atoms with Gasteiger partial charge in [-0.25, -0.2) is 10.0 Å². The number of benzene rings is 3. The molecule has 1 amide bonds. The molecule has 140 valence electrons. The van der Waals surface area contributed by atoms with Crippen molar-refractivity contribution in [3.05, 3.63) is 77.8 Å². The van der Waals surface area contributed by atoms with Crippen LogP contribution in [0.5, 0.6) is 5.75 Å². The summed E-state index contributed by atoms with van der Waals surface area (Å²) >= 11 is 1.63. The van der Waals surface area contributed by atoms with E-state index in [0.29, 0.717) is 17.2 Å². The number of amides is 1. The van der Waals surface area contributed by atoms with Crippen LogP contribution in [-0.4, -0.2) is 28.2 Å². The van der Waals surface area contributed by atoms with Crippen molar-refractivity contribution in [2.24, 2.45) is 0 Å². The summed E-state index contributed by atoms with van der Waals surface area (Å²) < 4.78 is 7.06. The highest BCUT2D eigenvalue weighted by Gasteiger charge is 2.13. The molecule has 3 aromatic carbocycles. The molecule has 1 aromatic heterocycles. The maximum Gasteiger partial charge on any atom is 0.276 e. The van der Waals surface area contributed by atoms with Crippen LogP contribution in [-0.2, 0) is 11.4 Å². The molecule has 4 aromatic rings. The minimum absolute atomic E-state index is 0.239. The number of nitrogens with zero attached hydrogens (tertiary/aromatic N) is 2. The van der Waals surface area contributed by atoms with Crippen LogP contribution in [0.3, 0.4) is 0 Å². The van der Waals surface area contributed by atoms with E-state index < -0.39 is 5.91 Å². The molecule has 0 fully saturated rings. The summed E-state index contributed by atoms with van der Waals surface area (Å²) in [6.07, 6.45) is 0. The number of aromatic nitrogens is 1. The maximum absolute atomic E-state index is 11.9. The predicted molar refractivity (Wildman–Crippen MR) is 111 cm³/mol. The highest BCUT2D eigenvalue weighted by atomic mass is 32.1. The average Bonchev–Trinajstić information content (AvgIpc) is 3.13. The predicted octanol–water partition coefficient (Wildman–Crippen LogP) is 4.89. The van der Waals surface area contributed by atoms with Crippen LogP contribution in [0.25, 0.3) is 26.6 Å². The third-order valence-corrected chi connectivity index (χ3v) is 5.42.